The van der Waals surface area contributed by atoms with E-state index in [-0.39, 0.29) is 48.8 Å². The van der Waals surface area contributed by atoms with Gasteiger partial charge >= 0.3 is 0 Å². The molecule has 2 unspecified atom stereocenters. The van der Waals surface area contributed by atoms with Gasteiger partial charge in [-0.3, -0.25) is 19.2 Å². The van der Waals surface area contributed by atoms with Crippen LogP contribution in [0.2, 0.25) is 0 Å². The fourth-order valence-electron chi connectivity index (χ4n) is 5.00. The van der Waals surface area contributed by atoms with Gasteiger partial charge < -0.3 is 37.1 Å². The maximum atomic E-state index is 13.4. The van der Waals surface area contributed by atoms with E-state index in [0.29, 0.717) is 37.2 Å². The number of anilines is 1. The van der Waals surface area contributed by atoms with Crippen LogP contribution in [-0.2, 0) is 20.8 Å². The molecule has 2 aliphatic heterocycles. The standard InChI is InChI=1S/C30H40N6O5/c31-13-4-7-23-19-41-26-9-8-22(34-28(38)21-10-14-32-15-11-21)18-24(26)29(39)33-16-12-27(37)36-25(30(40)35-23)17-20-5-2-1-3-6-20/h1-3,5-6,8-9,18,21,23,25,32H,4,7,10-17,19,31H2,(H,33,39)(H,34,38)(H,35,40)(H,36,37). The maximum Gasteiger partial charge on any atom is 0.255 e. The predicted molar refractivity (Wildman–Crippen MR) is 155 cm³/mol. The summed E-state index contributed by atoms with van der Waals surface area (Å²) in [5.74, 6) is -0.949. The van der Waals surface area contributed by atoms with Crippen LogP contribution in [0.1, 0.15) is 48.0 Å². The van der Waals surface area contributed by atoms with E-state index in [1.54, 1.807) is 18.2 Å². The zero-order valence-electron chi connectivity index (χ0n) is 23.2. The molecule has 4 rings (SSSR count). The van der Waals surface area contributed by atoms with Crippen molar-refractivity contribution >= 4 is 29.3 Å². The minimum atomic E-state index is -0.790. The van der Waals surface area contributed by atoms with Crippen LogP contribution in [0.4, 0.5) is 5.69 Å². The van der Waals surface area contributed by atoms with Gasteiger partial charge in [0.2, 0.25) is 17.7 Å². The number of hydrogen-bond donors (Lipinski definition) is 6. The molecular formula is C30H40N6O5. The van der Waals surface area contributed by atoms with E-state index in [9.17, 15) is 19.2 Å². The van der Waals surface area contributed by atoms with Gasteiger partial charge in [-0.2, -0.15) is 0 Å². The number of ether oxygens (including phenoxy) is 1. The third kappa shape index (κ3) is 9.02. The van der Waals surface area contributed by atoms with E-state index < -0.39 is 18.0 Å². The van der Waals surface area contributed by atoms with Gasteiger partial charge in [-0.15, -0.1) is 0 Å². The highest BCUT2D eigenvalue weighted by atomic mass is 16.5. The van der Waals surface area contributed by atoms with E-state index >= 15 is 0 Å². The van der Waals surface area contributed by atoms with Crippen molar-refractivity contribution in [3.05, 3.63) is 59.7 Å². The van der Waals surface area contributed by atoms with Gasteiger partial charge in [-0.1, -0.05) is 30.3 Å². The summed E-state index contributed by atoms with van der Waals surface area (Å²) >= 11 is 0. The second-order valence-electron chi connectivity index (χ2n) is 10.5. The van der Waals surface area contributed by atoms with E-state index in [1.807, 2.05) is 30.3 Å². The van der Waals surface area contributed by atoms with Crippen LogP contribution in [-0.4, -0.2) is 68.5 Å². The number of amides is 4. The van der Waals surface area contributed by atoms with Crippen molar-refractivity contribution in [3.8, 4) is 5.75 Å². The monoisotopic (exact) mass is 564 g/mol. The maximum absolute atomic E-state index is 13.4. The molecule has 0 spiro atoms. The Morgan fingerprint density at radius 2 is 1.78 bits per heavy atom. The summed E-state index contributed by atoms with van der Waals surface area (Å²) in [6, 6.07) is 13.2. The van der Waals surface area contributed by atoms with Crippen LogP contribution in [0, 0.1) is 5.92 Å². The predicted octanol–water partition coefficient (Wildman–Crippen LogP) is 1.09. The Labute approximate surface area is 240 Å². The summed E-state index contributed by atoms with van der Waals surface area (Å²) in [7, 11) is 0. The lowest BCUT2D eigenvalue weighted by atomic mass is 9.97. The molecule has 0 saturated carbocycles. The fourth-order valence-corrected chi connectivity index (χ4v) is 5.00. The first-order chi connectivity index (χ1) is 19.9. The number of hydrogen-bond acceptors (Lipinski definition) is 7. The molecule has 0 aliphatic carbocycles. The summed E-state index contributed by atoms with van der Waals surface area (Å²) in [5.41, 5.74) is 7.37. The molecule has 11 heteroatoms. The first-order valence-electron chi connectivity index (χ1n) is 14.3. The topological polar surface area (TPSA) is 164 Å². The molecule has 7 N–H and O–H groups in total. The molecule has 2 aromatic carbocycles. The first-order valence-corrected chi connectivity index (χ1v) is 14.3. The quantitative estimate of drug-likeness (QED) is 0.293. The average Bonchev–Trinajstić information content (AvgIpc) is 2.99. The van der Waals surface area contributed by atoms with Crippen molar-refractivity contribution in [2.24, 2.45) is 11.7 Å². The van der Waals surface area contributed by atoms with E-state index in [4.69, 9.17) is 10.5 Å². The summed E-state index contributed by atoms with van der Waals surface area (Å²) < 4.78 is 6.09. The van der Waals surface area contributed by atoms with Crippen molar-refractivity contribution in [2.75, 3.05) is 38.1 Å². The molecule has 2 aromatic rings. The van der Waals surface area contributed by atoms with E-state index in [2.05, 4.69) is 26.6 Å². The number of carbonyl (C=O) groups excluding carboxylic acids is 4. The molecule has 11 nitrogen and oxygen atoms in total. The molecular weight excluding hydrogens is 524 g/mol. The van der Waals surface area contributed by atoms with Crippen molar-refractivity contribution in [1.82, 2.24) is 21.3 Å². The molecule has 1 fully saturated rings. The van der Waals surface area contributed by atoms with Gasteiger partial charge in [-0.25, -0.2) is 0 Å². The fraction of sp³-hybridized carbons (Fsp3) is 0.467. The Balaban J connectivity index is 1.53. The zero-order chi connectivity index (χ0) is 29.0. The van der Waals surface area contributed by atoms with Gasteiger partial charge in [0.1, 0.15) is 18.4 Å². The van der Waals surface area contributed by atoms with Gasteiger partial charge in [0.05, 0.1) is 11.6 Å². The van der Waals surface area contributed by atoms with E-state index in [0.717, 1.165) is 31.5 Å². The number of rotatable bonds is 7. The van der Waals surface area contributed by atoms with E-state index in [1.165, 1.54) is 0 Å². The molecule has 0 radical (unpaired) electrons. The third-order valence-corrected chi connectivity index (χ3v) is 7.32. The molecule has 4 amide bonds. The Morgan fingerprint density at radius 3 is 2.54 bits per heavy atom. The molecule has 41 heavy (non-hydrogen) atoms. The lowest BCUT2D eigenvalue weighted by Crippen LogP contribution is -2.52. The van der Waals surface area contributed by atoms with Crippen molar-refractivity contribution < 1.29 is 23.9 Å². The summed E-state index contributed by atoms with van der Waals surface area (Å²) in [5, 5.41) is 14.8. The smallest absolute Gasteiger partial charge is 0.255 e. The number of fused-ring (bicyclic) bond motifs is 1. The molecule has 1 saturated heterocycles. The van der Waals surface area contributed by atoms with Crippen LogP contribution in [0.15, 0.2) is 48.5 Å². The molecule has 0 aromatic heterocycles. The highest BCUT2D eigenvalue weighted by Crippen LogP contribution is 2.25. The van der Waals surface area contributed by atoms with Crippen LogP contribution in [0.25, 0.3) is 0 Å². The van der Waals surface area contributed by atoms with Crippen LogP contribution >= 0.6 is 0 Å². The highest BCUT2D eigenvalue weighted by Gasteiger charge is 2.26. The number of nitrogens with one attached hydrogen (secondary N) is 5. The Hall–Kier alpha value is -3.96. The van der Waals surface area contributed by atoms with Gasteiger partial charge in [0.15, 0.2) is 0 Å². The number of piperidine rings is 1. The van der Waals surface area contributed by atoms with Crippen LogP contribution < -0.4 is 37.1 Å². The molecule has 220 valence electrons. The molecule has 0 bridgehead atoms. The van der Waals surface area contributed by atoms with Gasteiger partial charge in [0.25, 0.3) is 5.91 Å². The number of nitrogens with two attached hydrogens (primary N) is 1. The lowest BCUT2D eigenvalue weighted by Gasteiger charge is -2.25. The number of carbonyl (C=O) groups is 4. The van der Waals surface area contributed by atoms with Gasteiger partial charge in [-0.05, 0) is 69.1 Å². The summed E-state index contributed by atoms with van der Waals surface area (Å²) in [4.78, 5) is 52.1. The second kappa shape index (κ2) is 15.2. The number of benzene rings is 2. The van der Waals surface area contributed by atoms with Crippen molar-refractivity contribution in [3.63, 3.8) is 0 Å². The molecule has 2 atom stereocenters. The minimum Gasteiger partial charge on any atom is -0.491 e. The van der Waals surface area contributed by atoms with Crippen molar-refractivity contribution in [1.29, 1.82) is 0 Å². The second-order valence-corrected chi connectivity index (χ2v) is 10.5. The molecule has 2 heterocycles. The summed E-state index contributed by atoms with van der Waals surface area (Å²) in [6.45, 7) is 2.19. The highest BCUT2D eigenvalue weighted by molar-refractivity contribution is 6.00. The normalized spacial score (nSPS) is 20.9. The largest absolute Gasteiger partial charge is 0.491 e. The minimum absolute atomic E-state index is 0.0107. The first kappa shape index (κ1) is 30.0. The lowest BCUT2D eigenvalue weighted by molar-refractivity contribution is -0.129. The Kier molecular flexibility index (Phi) is 11.1. The van der Waals surface area contributed by atoms with Crippen LogP contribution in [0.5, 0.6) is 5.75 Å². The molecule has 2 aliphatic rings. The van der Waals surface area contributed by atoms with Crippen LogP contribution in [0.3, 0.4) is 0 Å². The Morgan fingerprint density at radius 1 is 1.00 bits per heavy atom. The Bertz CT molecular complexity index is 1200. The third-order valence-electron chi connectivity index (χ3n) is 7.32. The summed E-state index contributed by atoms with van der Waals surface area (Å²) in [6.07, 6.45) is 3.03. The average molecular weight is 565 g/mol. The zero-order valence-corrected chi connectivity index (χ0v) is 23.2. The SMILES string of the molecule is NCCCC1COc2ccc(NC(=O)C3CCNCC3)cc2C(=O)NCCC(=O)NC(Cc2ccccc2)C(=O)N1. The van der Waals surface area contributed by atoms with Crippen molar-refractivity contribution in [2.45, 2.75) is 50.6 Å². The van der Waals surface area contributed by atoms with Gasteiger partial charge in [0, 0.05) is 31.0 Å².